The van der Waals surface area contributed by atoms with Gasteiger partial charge < -0.3 is 15.5 Å². The van der Waals surface area contributed by atoms with Gasteiger partial charge in [-0.05, 0) is 43.4 Å². The third-order valence-electron chi connectivity index (χ3n) is 7.31. The highest BCUT2D eigenvalue weighted by Crippen LogP contribution is 2.20. The maximum Gasteiger partial charge on any atom is 0.243 e. The first-order valence-corrected chi connectivity index (χ1v) is 16.5. The quantitative estimate of drug-likeness (QED) is 0.438. The van der Waals surface area contributed by atoms with Gasteiger partial charge in [-0.2, -0.15) is 5.10 Å². The van der Waals surface area contributed by atoms with Gasteiger partial charge in [0, 0.05) is 31.3 Å². The van der Waals surface area contributed by atoms with Crippen molar-refractivity contribution in [1.29, 1.82) is 0 Å². The highest BCUT2D eigenvalue weighted by molar-refractivity contribution is 7.90. The molecule has 2 atom stereocenters. The number of nitrogens with one attached hydrogen (secondary N) is 2. The molecule has 4 rings (SSSR count). The zero-order chi connectivity index (χ0) is 31.1. The van der Waals surface area contributed by atoms with E-state index in [1.54, 1.807) is 21.7 Å². The van der Waals surface area contributed by atoms with Crippen molar-refractivity contribution in [2.24, 2.45) is 5.92 Å². The Morgan fingerprint density at radius 3 is 2.35 bits per heavy atom. The molecular weight excluding hydrogens is 568 g/mol. The average Bonchev–Trinajstić information content (AvgIpc) is 3.38. The summed E-state index contributed by atoms with van der Waals surface area (Å²) in [6.07, 6.45) is 2.28. The lowest BCUT2D eigenvalue weighted by Gasteiger charge is -2.26. The van der Waals surface area contributed by atoms with Gasteiger partial charge in [0.2, 0.25) is 17.7 Å². The van der Waals surface area contributed by atoms with Gasteiger partial charge in [0.05, 0.1) is 23.9 Å². The molecule has 0 fully saturated rings. The van der Waals surface area contributed by atoms with Crippen LogP contribution in [0.15, 0.2) is 59.5 Å². The Morgan fingerprint density at radius 1 is 1.00 bits per heavy atom. The molecule has 12 heteroatoms. The van der Waals surface area contributed by atoms with Crippen molar-refractivity contribution in [2.45, 2.75) is 70.0 Å². The maximum atomic E-state index is 13.5. The first kappa shape index (κ1) is 31.9. The van der Waals surface area contributed by atoms with Gasteiger partial charge >= 0.3 is 0 Å². The molecule has 0 saturated heterocycles. The van der Waals surface area contributed by atoms with Crippen LogP contribution in [-0.2, 0) is 37.2 Å². The number of rotatable bonds is 6. The number of aromatic nitrogens is 3. The van der Waals surface area contributed by atoms with Crippen LogP contribution >= 0.6 is 0 Å². The summed E-state index contributed by atoms with van der Waals surface area (Å²) in [6, 6.07) is 14.6. The minimum absolute atomic E-state index is 0.0820. The lowest BCUT2D eigenvalue weighted by atomic mass is 10.0. The van der Waals surface area contributed by atoms with E-state index >= 15 is 0 Å². The van der Waals surface area contributed by atoms with Crippen molar-refractivity contribution in [3.63, 3.8) is 0 Å². The van der Waals surface area contributed by atoms with Crippen LogP contribution in [0.1, 0.15) is 57.5 Å². The smallest absolute Gasteiger partial charge is 0.243 e. The minimum atomic E-state index is -3.34. The maximum absolute atomic E-state index is 13.5. The number of benzene rings is 2. The van der Waals surface area contributed by atoms with Crippen molar-refractivity contribution >= 4 is 27.6 Å². The Balaban J connectivity index is 1.62. The standard InChI is InChI=1S/C31H40N6O5S/c1-21(2)19-26-31(40)32-22(3)30-34-29(24-9-6-5-7-10-24)35-37(30)18-17-36(16-8-11-27(38)33-26)28(39)20-23-12-14-25(15-13-23)43(4,41)42/h5-7,9-10,12-15,21-22,26H,8,11,16-20H2,1-4H3,(H,32,40)(H,33,38)/t22-,26-/m1/s1. The van der Waals surface area contributed by atoms with Crippen molar-refractivity contribution in [2.75, 3.05) is 19.3 Å². The Morgan fingerprint density at radius 2 is 1.70 bits per heavy atom. The van der Waals surface area contributed by atoms with E-state index < -0.39 is 21.9 Å². The second kappa shape index (κ2) is 13.9. The fourth-order valence-electron chi connectivity index (χ4n) is 5.04. The number of amides is 3. The van der Waals surface area contributed by atoms with Crippen LogP contribution in [0.2, 0.25) is 0 Å². The number of sulfone groups is 1. The largest absolute Gasteiger partial charge is 0.345 e. The molecule has 3 aromatic rings. The number of nitrogens with zero attached hydrogens (tertiary/aromatic N) is 4. The first-order valence-electron chi connectivity index (χ1n) is 14.6. The number of carbonyl (C=O) groups excluding carboxylic acids is 3. The Labute approximate surface area is 253 Å². The highest BCUT2D eigenvalue weighted by Gasteiger charge is 2.27. The molecule has 1 aliphatic heterocycles. The lowest BCUT2D eigenvalue weighted by molar-refractivity contribution is -0.131. The third-order valence-corrected chi connectivity index (χ3v) is 8.44. The van der Waals surface area contributed by atoms with Crippen LogP contribution < -0.4 is 10.6 Å². The third kappa shape index (κ3) is 8.73. The van der Waals surface area contributed by atoms with Gasteiger partial charge in [0.15, 0.2) is 15.7 Å². The molecule has 0 aliphatic carbocycles. The van der Waals surface area contributed by atoms with Crippen molar-refractivity contribution < 1.29 is 22.8 Å². The predicted octanol–water partition coefficient (Wildman–Crippen LogP) is 2.92. The van der Waals surface area contributed by atoms with E-state index in [0.717, 1.165) is 11.8 Å². The summed E-state index contributed by atoms with van der Waals surface area (Å²) in [5.74, 6) is 0.561. The average molecular weight is 609 g/mol. The first-order chi connectivity index (χ1) is 20.4. The monoisotopic (exact) mass is 608 g/mol. The van der Waals surface area contributed by atoms with Crippen LogP contribution in [0.25, 0.3) is 11.4 Å². The number of hydrogen-bond acceptors (Lipinski definition) is 7. The molecule has 0 unspecified atom stereocenters. The molecule has 230 valence electrons. The SMILES string of the molecule is CC(C)C[C@H]1NC(=O)CCCN(C(=O)Cc2ccc(S(C)(=O)=O)cc2)CCn2nc(-c3ccccc3)nc2[C@@H](C)NC1=O. The highest BCUT2D eigenvalue weighted by atomic mass is 32.2. The van der Waals surface area contributed by atoms with E-state index in [2.05, 4.69) is 10.6 Å². The summed E-state index contributed by atoms with van der Waals surface area (Å²) in [5, 5.41) is 10.6. The van der Waals surface area contributed by atoms with E-state index in [9.17, 15) is 22.8 Å². The Hall–Kier alpha value is -4.06. The normalized spacial score (nSPS) is 18.9. The zero-order valence-corrected chi connectivity index (χ0v) is 25.9. The summed E-state index contributed by atoms with van der Waals surface area (Å²) in [4.78, 5) is 46.3. The topological polar surface area (TPSA) is 143 Å². The molecule has 2 N–H and O–H groups in total. The molecule has 1 aromatic heterocycles. The lowest BCUT2D eigenvalue weighted by Crippen LogP contribution is -2.48. The van der Waals surface area contributed by atoms with E-state index in [1.807, 2.05) is 51.1 Å². The molecule has 3 amide bonds. The Kier molecular flexibility index (Phi) is 10.3. The van der Waals surface area contributed by atoms with E-state index in [4.69, 9.17) is 10.1 Å². The molecule has 43 heavy (non-hydrogen) atoms. The second-order valence-corrected chi connectivity index (χ2v) is 13.5. The molecule has 0 spiro atoms. The second-order valence-electron chi connectivity index (χ2n) is 11.4. The minimum Gasteiger partial charge on any atom is -0.345 e. The van der Waals surface area contributed by atoms with Gasteiger partial charge in [-0.3, -0.25) is 14.4 Å². The number of carbonyl (C=O) groups is 3. The van der Waals surface area contributed by atoms with Crippen LogP contribution in [0, 0.1) is 5.92 Å². The van der Waals surface area contributed by atoms with Crippen LogP contribution in [0.4, 0.5) is 0 Å². The zero-order valence-electron chi connectivity index (χ0n) is 25.1. The van der Waals surface area contributed by atoms with Gasteiger partial charge in [0.1, 0.15) is 11.9 Å². The van der Waals surface area contributed by atoms with Crippen LogP contribution in [-0.4, -0.2) is 71.2 Å². The van der Waals surface area contributed by atoms with Crippen LogP contribution in [0.5, 0.6) is 0 Å². The number of hydrogen-bond donors (Lipinski definition) is 2. The fraction of sp³-hybridized carbons (Fsp3) is 0.452. The molecule has 0 saturated carbocycles. The summed E-state index contributed by atoms with van der Waals surface area (Å²) < 4.78 is 25.4. The summed E-state index contributed by atoms with van der Waals surface area (Å²) >= 11 is 0. The predicted molar refractivity (Wildman–Crippen MR) is 162 cm³/mol. The van der Waals surface area contributed by atoms with Crippen molar-refractivity contribution in [3.05, 3.63) is 66.0 Å². The summed E-state index contributed by atoms with van der Waals surface area (Å²) in [6.45, 7) is 6.79. The molecule has 2 heterocycles. The van der Waals surface area contributed by atoms with Crippen molar-refractivity contribution in [1.82, 2.24) is 30.3 Å². The van der Waals surface area contributed by atoms with Gasteiger partial charge in [-0.25, -0.2) is 18.1 Å². The van der Waals surface area contributed by atoms with Crippen LogP contribution in [0.3, 0.4) is 0 Å². The summed E-state index contributed by atoms with van der Waals surface area (Å²) in [5.41, 5.74) is 1.52. The number of fused-ring (bicyclic) bond motifs is 1. The van der Waals surface area contributed by atoms with E-state index in [-0.39, 0.29) is 41.4 Å². The van der Waals surface area contributed by atoms with E-state index in [0.29, 0.717) is 49.7 Å². The molecule has 0 radical (unpaired) electrons. The van der Waals surface area contributed by atoms with Gasteiger partial charge in [-0.15, -0.1) is 0 Å². The van der Waals surface area contributed by atoms with Gasteiger partial charge in [-0.1, -0.05) is 56.3 Å². The molecule has 11 nitrogen and oxygen atoms in total. The molecule has 1 aliphatic rings. The molecule has 2 aromatic carbocycles. The van der Waals surface area contributed by atoms with E-state index in [1.165, 1.54) is 12.1 Å². The molecule has 0 bridgehead atoms. The van der Waals surface area contributed by atoms with Gasteiger partial charge in [0.25, 0.3) is 0 Å². The fourth-order valence-corrected chi connectivity index (χ4v) is 5.68. The molecular formula is C31H40N6O5S. The Bertz CT molecular complexity index is 1540. The summed E-state index contributed by atoms with van der Waals surface area (Å²) in [7, 11) is -3.34. The van der Waals surface area contributed by atoms with Crippen molar-refractivity contribution in [3.8, 4) is 11.4 Å².